The van der Waals surface area contributed by atoms with Crippen molar-refractivity contribution in [2.75, 3.05) is 5.75 Å². The Morgan fingerprint density at radius 1 is 1.53 bits per heavy atom. The van der Waals surface area contributed by atoms with Crippen molar-refractivity contribution < 1.29 is 9.90 Å². The third-order valence-electron chi connectivity index (χ3n) is 2.61. The van der Waals surface area contributed by atoms with E-state index < -0.39 is 12.0 Å². The number of aliphatic carboxylic acids is 1. The van der Waals surface area contributed by atoms with E-state index in [1.807, 2.05) is 37.3 Å². The molecule has 1 unspecified atom stereocenters. The zero-order chi connectivity index (χ0) is 10.9. The Morgan fingerprint density at radius 2 is 2.20 bits per heavy atom. The first-order chi connectivity index (χ1) is 7.12. The third-order valence-corrected chi connectivity index (χ3v) is 4.04. The fraction of sp³-hybridized carbons (Fsp3) is 0.364. The molecule has 0 aliphatic carbocycles. The first kappa shape index (κ1) is 10.5. The minimum atomic E-state index is -0.776. The lowest BCUT2D eigenvalue weighted by Crippen LogP contribution is -2.41. The predicted octanol–water partition coefficient (Wildman–Crippen LogP) is 1.65. The Kier molecular flexibility index (Phi) is 2.71. The Balaban J connectivity index is 2.20. The summed E-state index contributed by atoms with van der Waals surface area (Å²) in [5, 5.41) is 12.1. The van der Waals surface area contributed by atoms with Gasteiger partial charge in [0.05, 0.1) is 4.87 Å². The number of carboxylic acids is 1. The van der Waals surface area contributed by atoms with Gasteiger partial charge in [0, 0.05) is 5.75 Å². The van der Waals surface area contributed by atoms with Gasteiger partial charge in [0.25, 0.3) is 0 Å². The molecule has 4 heteroatoms. The van der Waals surface area contributed by atoms with E-state index >= 15 is 0 Å². The van der Waals surface area contributed by atoms with Crippen LogP contribution in [0.2, 0.25) is 0 Å². The SMILES string of the molecule is C[C@@]1(c2ccccc2)NC(C(=O)O)CS1. The van der Waals surface area contributed by atoms with Crippen LogP contribution in [0.4, 0.5) is 0 Å². The average molecular weight is 223 g/mol. The van der Waals surface area contributed by atoms with Crippen molar-refractivity contribution in [3.8, 4) is 0 Å². The Morgan fingerprint density at radius 3 is 2.73 bits per heavy atom. The van der Waals surface area contributed by atoms with Crippen LogP contribution in [0.3, 0.4) is 0 Å². The van der Waals surface area contributed by atoms with Gasteiger partial charge in [-0.25, -0.2) is 0 Å². The van der Waals surface area contributed by atoms with Gasteiger partial charge in [-0.05, 0) is 12.5 Å². The van der Waals surface area contributed by atoms with E-state index in [9.17, 15) is 4.79 Å². The van der Waals surface area contributed by atoms with Crippen molar-refractivity contribution in [1.82, 2.24) is 5.32 Å². The van der Waals surface area contributed by atoms with Gasteiger partial charge in [-0.2, -0.15) is 0 Å². The standard InChI is InChI=1S/C11H13NO2S/c1-11(8-5-3-2-4-6-8)12-9(7-15-11)10(13)14/h2-6,9,12H,7H2,1H3,(H,13,14)/t9?,11-/m1/s1. The quantitative estimate of drug-likeness (QED) is 0.800. The molecule has 2 atom stereocenters. The highest BCUT2D eigenvalue weighted by Crippen LogP contribution is 2.38. The van der Waals surface area contributed by atoms with Crippen LogP contribution >= 0.6 is 11.8 Å². The smallest absolute Gasteiger partial charge is 0.321 e. The number of thioether (sulfide) groups is 1. The van der Waals surface area contributed by atoms with Gasteiger partial charge < -0.3 is 5.11 Å². The number of rotatable bonds is 2. The van der Waals surface area contributed by atoms with Crippen LogP contribution in [-0.2, 0) is 9.67 Å². The maximum absolute atomic E-state index is 10.8. The van der Waals surface area contributed by atoms with E-state index in [0.717, 1.165) is 5.56 Å². The van der Waals surface area contributed by atoms with E-state index in [4.69, 9.17) is 5.11 Å². The molecular formula is C11H13NO2S. The first-order valence-electron chi connectivity index (χ1n) is 4.82. The fourth-order valence-electron chi connectivity index (χ4n) is 1.72. The van der Waals surface area contributed by atoms with Gasteiger partial charge in [0.1, 0.15) is 6.04 Å². The average Bonchev–Trinajstić information content (AvgIpc) is 2.64. The van der Waals surface area contributed by atoms with E-state index in [-0.39, 0.29) is 4.87 Å². The molecule has 15 heavy (non-hydrogen) atoms. The molecule has 1 fully saturated rings. The van der Waals surface area contributed by atoms with E-state index in [0.29, 0.717) is 5.75 Å². The number of hydrogen-bond donors (Lipinski definition) is 2. The van der Waals surface area contributed by atoms with Crippen LogP contribution in [0.5, 0.6) is 0 Å². The molecule has 2 N–H and O–H groups in total. The molecule has 1 aliphatic heterocycles. The molecule has 0 saturated carbocycles. The zero-order valence-electron chi connectivity index (χ0n) is 8.43. The summed E-state index contributed by atoms with van der Waals surface area (Å²) in [4.78, 5) is 10.6. The highest BCUT2D eigenvalue weighted by atomic mass is 32.2. The minimum Gasteiger partial charge on any atom is -0.480 e. The molecule has 1 aromatic rings. The topological polar surface area (TPSA) is 49.3 Å². The second kappa shape index (κ2) is 3.87. The van der Waals surface area contributed by atoms with Crippen molar-refractivity contribution >= 4 is 17.7 Å². The molecule has 0 spiro atoms. The number of carbonyl (C=O) groups is 1. The van der Waals surface area contributed by atoms with Crippen molar-refractivity contribution in [2.45, 2.75) is 17.8 Å². The van der Waals surface area contributed by atoms with E-state index in [2.05, 4.69) is 5.32 Å². The van der Waals surface area contributed by atoms with Crippen LogP contribution in [0.15, 0.2) is 30.3 Å². The molecule has 2 rings (SSSR count). The van der Waals surface area contributed by atoms with Crippen molar-refractivity contribution in [3.05, 3.63) is 35.9 Å². The minimum absolute atomic E-state index is 0.273. The fourth-order valence-corrected chi connectivity index (χ4v) is 2.98. The third kappa shape index (κ3) is 2.01. The molecule has 3 nitrogen and oxygen atoms in total. The normalized spacial score (nSPS) is 30.3. The molecule has 0 aromatic heterocycles. The lowest BCUT2D eigenvalue weighted by atomic mass is 10.1. The molecule has 1 aromatic carbocycles. The summed E-state index contributed by atoms with van der Waals surface area (Å²) >= 11 is 1.64. The van der Waals surface area contributed by atoms with Gasteiger partial charge in [-0.3, -0.25) is 10.1 Å². The second-order valence-electron chi connectivity index (χ2n) is 3.75. The number of hydrogen-bond acceptors (Lipinski definition) is 3. The number of carboxylic acid groups (broad SMARTS) is 1. The summed E-state index contributed by atoms with van der Waals surface area (Å²) in [7, 11) is 0. The van der Waals surface area contributed by atoms with Crippen molar-refractivity contribution in [1.29, 1.82) is 0 Å². The lowest BCUT2D eigenvalue weighted by Gasteiger charge is -2.24. The van der Waals surface area contributed by atoms with Crippen LogP contribution in [0.25, 0.3) is 0 Å². The summed E-state index contributed by atoms with van der Waals surface area (Å²) in [5.41, 5.74) is 1.12. The van der Waals surface area contributed by atoms with Gasteiger partial charge in [0.15, 0.2) is 0 Å². The lowest BCUT2D eigenvalue weighted by molar-refractivity contribution is -0.138. The molecule has 1 saturated heterocycles. The van der Waals surface area contributed by atoms with Crippen LogP contribution in [-0.4, -0.2) is 22.9 Å². The molecular weight excluding hydrogens is 210 g/mol. The molecule has 0 amide bonds. The molecule has 80 valence electrons. The first-order valence-corrected chi connectivity index (χ1v) is 5.80. The second-order valence-corrected chi connectivity index (χ2v) is 5.18. The zero-order valence-corrected chi connectivity index (χ0v) is 9.25. The van der Waals surface area contributed by atoms with Gasteiger partial charge in [-0.15, -0.1) is 11.8 Å². The highest BCUT2D eigenvalue weighted by Gasteiger charge is 2.39. The largest absolute Gasteiger partial charge is 0.480 e. The van der Waals surface area contributed by atoms with E-state index in [1.54, 1.807) is 11.8 Å². The van der Waals surface area contributed by atoms with Gasteiger partial charge in [0.2, 0.25) is 0 Å². The highest BCUT2D eigenvalue weighted by molar-refractivity contribution is 8.00. The molecule has 0 bridgehead atoms. The van der Waals surface area contributed by atoms with Gasteiger partial charge >= 0.3 is 5.97 Å². The summed E-state index contributed by atoms with van der Waals surface area (Å²) in [6.07, 6.45) is 0. The summed E-state index contributed by atoms with van der Waals surface area (Å²) in [6.45, 7) is 2.02. The van der Waals surface area contributed by atoms with Crippen molar-refractivity contribution in [2.24, 2.45) is 0 Å². The van der Waals surface area contributed by atoms with Crippen LogP contribution in [0.1, 0.15) is 12.5 Å². The molecule has 0 radical (unpaired) electrons. The number of nitrogens with one attached hydrogen (secondary N) is 1. The molecule has 1 aliphatic rings. The maximum Gasteiger partial charge on any atom is 0.321 e. The monoisotopic (exact) mass is 223 g/mol. The van der Waals surface area contributed by atoms with Gasteiger partial charge in [-0.1, -0.05) is 30.3 Å². The Labute approximate surface area is 92.9 Å². The van der Waals surface area contributed by atoms with E-state index in [1.165, 1.54) is 0 Å². The van der Waals surface area contributed by atoms with Crippen LogP contribution in [0, 0.1) is 0 Å². The van der Waals surface area contributed by atoms with Crippen molar-refractivity contribution in [3.63, 3.8) is 0 Å². The van der Waals surface area contributed by atoms with Crippen LogP contribution < -0.4 is 5.32 Å². The maximum atomic E-state index is 10.8. The summed E-state index contributed by atoms with van der Waals surface area (Å²) in [5.74, 6) is -0.164. The predicted molar refractivity (Wildman–Crippen MR) is 60.8 cm³/mol. The molecule has 1 heterocycles. The Bertz CT molecular complexity index is 368. The summed E-state index contributed by atoms with van der Waals surface area (Å²) < 4.78 is 0. The number of benzene rings is 1. The Hall–Kier alpha value is -1.00. The summed E-state index contributed by atoms with van der Waals surface area (Å²) in [6, 6.07) is 9.49.